The van der Waals surface area contributed by atoms with E-state index in [2.05, 4.69) is 44.5 Å². The number of aromatic amines is 1. The molecule has 2 saturated heterocycles. The normalized spacial score (nSPS) is 18.7. The van der Waals surface area contributed by atoms with Crippen LogP contribution in [0.4, 0.5) is 0 Å². The Morgan fingerprint density at radius 3 is 2.55 bits per heavy atom. The number of piperidine rings is 2. The first kappa shape index (κ1) is 26.5. The highest BCUT2D eigenvalue weighted by Crippen LogP contribution is 2.41. The topological polar surface area (TPSA) is 104 Å². The minimum Gasteiger partial charge on any atom is -0.486 e. The van der Waals surface area contributed by atoms with Crippen molar-refractivity contribution >= 4 is 35.1 Å². The predicted octanol–water partition coefficient (Wildman–Crippen LogP) is 4.51. The first-order valence-corrected chi connectivity index (χ1v) is 14.1. The summed E-state index contributed by atoms with van der Waals surface area (Å²) in [5.74, 6) is 0.259. The van der Waals surface area contributed by atoms with Gasteiger partial charge in [-0.1, -0.05) is 35.9 Å². The van der Waals surface area contributed by atoms with Gasteiger partial charge in [0.15, 0.2) is 0 Å². The highest BCUT2D eigenvalue weighted by molar-refractivity contribution is 6.30. The Morgan fingerprint density at radius 2 is 1.80 bits per heavy atom. The molecular formula is C31H31ClN4O4. The second-order valence-corrected chi connectivity index (χ2v) is 11.5. The lowest BCUT2D eigenvalue weighted by molar-refractivity contribution is -0.139. The van der Waals surface area contributed by atoms with Gasteiger partial charge in [-0.25, -0.2) is 0 Å². The SMILES string of the molecule is O=C1CC2(CCN(Cc3ccc4c(c3)CCC(c3c(OCc5ccc(Cl)cn5)cc[nH]c3=O)=C4)CC2)CC(=O)N1. The van der Waals surface area contributed by atoms with E-state index < -0.39 is 0 Å². The van der Waals surface area contributed by atoms with Crippen LogP contribution < -0.4 is 15.6 Å². The van der Waals surface area contributed by atoms with Crippen LogP contribution >= 0.6 is 11.6 Å². The number of pyridine rings is 2. The summed E-state index contributed by atoms with van der Waals surface area (Å²) in [5.41, 5.74) is 5.53. The molecule has 8 nitrogen and oxygen atoms in total. The molecule has 1 aliphatic carbocycles. The molecule has 0 bridgehead atoms. The molecule has 2 fully saturated rings. The van der Waals surface area contributed by atoms with Crippen LogP contribution in [-0.2, 0) is 29.2 Å². The van der Waals surface area contributed by atoms with Gasteiger partial charge in [0.05, 0.1) is 16.3 Å². The van der Waals surface area contributed by atoms with E-state index in [9.17, 15) is 14.4 Å². The fourth-order valence-corrected chi connectivity index (χ4v) is 6.27. The average molecular weight is 559 g/mol. The van der Waals surface area contributed by atoms with E-state index in [-0.39, 0.29) is 29.4 Å². The molecule has 6 rings (SSSR count). The summed E-state index contributed by atoms with van der Waals surface area (Å²) in [6.45, 7) is 2.84. The van der Waals surface area contributed by atoms with Crippen LogP contribution in [0.3, 0.4) is 0 Å². The van der Waals surface area contributed by atoms with Gasteiger partial charge in [-0.05, 0) is 84.7 Å². The van der Waals surface area contributed by atoms with Crippen molar-refractivity contribution in [2.45, 2.75) is 51.7 Å². The van der Waals surface area contributed by atoms with Gasteiger partial charge in [0, 0.05) is 31.8 Å². The first-order chi connectivity index (χ1) is 19.4. The molecule has 206 valence electrons. The maximum absolute atomic E-state index is 12.9. The zero-order valence-electron chi connectivity index (χ0n) is 22.2. The van der Waals surface area contributed by atoms with E-state index >= 15 is 0 Å². The van der Waals surface area contributed by atoms with Gasteiger partial charge in [-0.2, -0.15) is 0 Å². The van der Waals surface area contributed by atoms with Crippen LogP contribution in [0.2, 0.25) is 5.02 Å². The van der Waals surface area contributed by atoms with Crippen molar-refractivity contribution < 1.29 is 14.3 Å². The molecule has 3 aliphatic rings. The number of rotatable bonds is 6. The monoisotopic (exact) mass is 558 g/mol. The molecular weight excluding hydrogens is 528 g/mol. The zero-order chi connectivity index (χ0) is 27.7. The third-order valence-electron chi connectivity index (χ3n) is 8.28. The molecule has 2 N–H and O–H groups in total. The Morgan fingerprint density at radius 1 is 1.00 bits per heavy atom. The molecule has 3 aromatic rings. The number of hydrogen-bond acceptors (Lipinski definition) is 6. The molecule has 1 aromatic carbocycles. The molecule has 40 heavy (non-hydrogen) atoms. The summed E-state index contributed by atoms with van der Waals surface area (Å²) in [7, 11) is 0. The van der Waals surface area contributed by atoms with Crippen molar-refractivity contribution in [2.24, 2.45) is 5.41 Å². The third kappa shape index (κ3) is 5.74. The van der Waals surface area contributed by atoms with Crippen molar-refractivity contribution in [3.05, 3.63) is 92.1 Å². The molecule has 4 heterocycles. The number of ether oxygens (including phenoxy) is 1. The van der Waals surface area contributed by atoms with Crippen molar-refractivity contribution in [1.29, 1.82) is 0 Å². The lowest BCUT2D eigenvalue weighted by Crippen LogP contribution is -2.49. The number of nitrogens with one attached hydrogen (secondary N) is 2. The Labute approximate surface area is 237 Å². The standard InChI is InChI=1S/C31H31ClN4O4/c32-24-5-6-25(34-17-24)19-40-26-7-10-33-30(39)29(26)23-4-3-21-13-20(1-2-22(21)14-23)18-36-11-8-31(9-12-36)15-27(37)35-28(38)16-31/h1-2,5-7,10,13-14,17H,3-4,8-9,11-12,15-16,18-19H2,(H,33,39)(H,35,37,38). The zero-order valence-corrected chi connectivity index (χ0v) is 22.9. The van der Waals surface area contributed by atoms with E-state index in [0.29, 0.717) is 29.2 Å². The number of fused-ring (bicyclic) bond motifs is 1. The quantitative estimate of drug-likeness (QED) is 0.431. The van der Waals surface area contributed by atoms with E-state index in [1.807, 2.05) is 0 Å². The van der Waals surface area contributed by atoms with Gasteiger partial charge in [-0.15, -0.1) is 0 Å². The number of amides is 2. The molecule has 0 unspecified atom stereocenters. The van der Waals surface area contributed by atoms with Gasteiger partial charge in [0.1, 0.15) is 12.4 Å². The minimum absolute atomic E-state index is 0.137. The number of allylic oxidation sites excluding steroid dienone is 1. The Kier molecular flexibility index (Phi) is 7.29. The van der Waals surface area contributed by atoms with Crippen molar-refractivity contribution in [1.82, 2.24) is 20.2 Å². The molecule has 2 amide bonds. The Bertz CT molecular complexity index is 1520. The summed E-state index contributed by atoms with van der Waals surface area (Å²) < 4.78 is 6.03. The summed E-state index contributed by atoms with van der Waals surface area (Å²) in [6, 6.07) is 11.9. The number of halogens is 1. The molecule has 1 spiro atoms. The number of aryl methyl sites for hydroxylation is 1. The number of carbonyl (C=O) groups excluding carboxylic acids is 2. The van der Waals surface area contributed by atoms with Crippen molar-refractivity contribution in [3.63, 3.8) is 0 Å². The van der Waals surface area contributed by atoms with Crippen LogP contribution in [0, 0.1) is 5.41 Å². The van der Waals surface area contributed by atoms with E-state index in [1.54, 1.807) is 30.6 Å². The minimum atomic E-state index is -0.173. The van der Waals surface area contributed by atoms with Gasteiger partial charge < -0.3 is 9.72 Å². The maximum atomic E-state index is 12.9. The van der Waals surface area contributed by atoms with Crippen LogP contribution in [0.1, 0.15) is 60.1 Å². The van der Waals surface area contributed by atoms with Gasteiger partial charge >= 0.3 is 0 Å². The van der Waals surface area contributed by atoms with Gasteiger partial charge in [0.25, 0.3) is 5.56 Å². The Hall–Kier alpha value is -3.75. The van der Waals surface area contributed by atoms with E-state index in [4.69, 9.17) is 16.3 Å². The average Bonchev–Trinajstić information content (AvgIpc) is 2.93. The van der Waals surface area contributed by atoms with E-state index in [1.165, 1.54) is 11.1 Å². The van der Waals surface area contributed by atoms with Crippen LogP contribution in [0.15, 0.2) is 53.6 Å². The van der Waals surface area contributed by atoms with Crippen molar-refractivity contribution in [2.75, 3.05) is 13.1 Å². The molecule has 2 aliphatic heterocycles. The number of benzene rings is 1. The van der Waals surface area contributed by atoms with Crippen LogP contribution in [0.25, 0.3) is 11.6 Å². The predicted molar refractivity (Wildman–Crippen MR) is 153 cm³/mol. The molecule has 9 heteroatoms. The number of aromatic nitrogens is 2. The fourth-order valence-electron chi connectivity index (χ4n) is 6.15. The lowest BCUT2D eigenvalue weighted by Gasteiger charge is -2.43. The first-order valence-electron chi connectivity index (χ1n) is 13.7. The number of imide groups is 1. The number of likely N-dealkylation sites (tertiary alicyclic amines) is 1. The fraction of sp³-hybridized carbons (Fsp3) is 0.355. The van der Waals surface area contributed by atoms with Crippen molar-refractivity contribution in [3.8, 4) is 5.75 Å². The largest absolute Gasteiger partial charge is 0.486 e. The smallest absolute Gasteiger partial charge is 0.259 e. The van der Waals surface area contributed by atoms with Gasteiger partial charge in [-0.3, -0.25) is 29.6 Å². The number of H-pyrrole nitrogens is 1. The maximum Gasteiger partial charge on any atom is 0.259 e. The van der Waals surface area contributed by atoms with Gasteiger partial charge in [0.2, 0.25) is 11.8 Å². The molecule has 0 saturated carbocycles. The lowest BCUT2D eigenvalue weighted by atomic mass is 9.71. The number of nitrogens with zero attached hydrogens (tertiary/aromatic N) is 2. The highest BCUT2D eigenvalue weighted by Gasteiger charge is 2.41. The third-order valence-corrected chi connectivity index (χ3v) is 8.51. The van der Waals surface area contributed by atoms with Crippen LogP contribution in [0.5, 0.6) is 5.75 Å². The summed E-state index contributed by atoms with van der Waals surface area (Å²) in [6.07, 6.45) is 9.49. The second-order valence-electron chi connectivity index (χ2n) is 11.1. The molecule has 0 atom stereocenters. The number of carbonyl (C=O) groups is 2. The molecule has 0 radical (unpaired) electrons. The highest BCUT2D eigenvalue weighted by atomic mass is 35.5. The molecule has 2 aromatic heterocycles. The summed E-state index contributed by atoms with van der Waals surface area (Å²) >= 11 is 5.93. The summed E-state index contributed by atoms with van der Waals surface area (Å²) in [4.78, 5) is 46.2. The van der Waals surface area contributed by atoms with Crippen LogP contribution in [-0.4, -0.2) is 39.8 Å². The second kappa shape index (κ2) is 11.0. The Balaban J connectivity index is 1.14. The number of hydrogen-bond donors (Lipinski definition) is 2. The van der Waals surface area contributed by atoms with E-state index in [0.717, 1.165) is 62.1 Å². The summed E-state index contributed by atoms with van der Waals surface area (Å²) in [5, 5.41) is 3.00.